The third-order valence-corrected chi connectivity index (χ3v) is 4.92. The monoisotopic (exact) mass is 410 g/mol. The second-order valence-electron chi connectivity index (χ2n) is 7.62. The van der Waals surface area contributed by atoms with Gasteiger partial charge in [-0.3, -0.25) is 19.9 Å². The summed E-state index contributed by atoms with van der Waals surface area (Å²) in [5.41, 5.74) is 6.27. The Kier molecular flexibility index (Phi) is 5.97. The number of hydrogen-bond donors (Lipinski definition) is 4. The number of rotatable bonds is 6. The van der Waals surface area contributed by atoms with Crippen molar-refractivity contribution in [2.75, 3.05) is 13.6 Å². The van der Waals surface area contributed by atoms with Gasteiger partial charge in [-0.15, -0.1) is 0 Å². The van der Waals surface area contributed by atoms with Crippen LogP contribution >= 0.6 is 0 Å². The highest BCUT2D eigenvalue weighted by Gasteiger charge is 2.41. The van der Waals surface area contributed by atoms with Crippen LogP contribution in [0, 0.1) is 10.8 Å². The number of amides is 2. The SMILES string of the molecule is CN/C=C(/NC(=O)c1cccc(-n2cc(CN)cn2)n1)C(=N)N1CCC(C)(C)C1=O. The van der Waals surface area contributed by atoms with E-state index < -0.39 is 11.3 Å². The molecule has 1 aliphatic rings. The molecule has 0 spiro atoms. The second kappa shape index (κ2) is 8.46. The Bertz CT molecular complexity index is 1010. The van der Waals surface area contributed by atoms with Gasteiger partial charge in [0.05, 0.1) is 11.9 Å². The summed E-state index contributed by atoms with van der Waals surface area (Å²) in [6.07, 6.45) is 5.50. The Labute approximate surface area is 174 Å². The molecule has 0 atom stereocenters. The highest BCUT2D eigenvalue weighted by molar-refractivity contribution is 6.10. The second-order valence-corrected chi connectivity index (χ2v) is 7.62. The molecule has 5 N–H and O–H groups in total. The van der Waals surface area contributed by atoms with E-state index in [-0.39, 0.29) is 23.1 Å². The van der Waals surface area contributed by atoms with Gasteiger partial charge >= 0.3 is 0 Å². The summed E-state index contributed by atoms with van der Waals surface area (Å²) in [4.78, 5) is 31.1. The van der Waals surface area contributed by atoms with Crippen molar-refractivity contribution in [3.8, 4) is 5.82 Å². The van der Waals surface area contributed by atoms with E-state index in [2.05, 4.69) is 20.7 Å². The number of hydrogen-bond acceptors (Lipinski definition) is 7. The fourth-order valence-corrected chi connectivity index (χ4v) is 3.09. The fourth-order valence-electron chi connectivity index (χ4n) is 3.09. The molecule has 30 heavy (non-hydrogen) atoms. The number of nitrogens with one attached hydrogen (secondary N) is 3. The maximum Gasteiger partial charge on any atom is 0.274 e. The van der Waals surface area contributed by atoms with Crippen molar-refractivity contribution in [3.63, 3.8) is 0 Å². The Morgan fingerprint density at radius 3 is 2.77 bits per heavy atom. The van der Waals surface area contributed by atoms with E-state index in [9.17, 15) is 9.59 Å². The largest absolute Gasteiger partial charge is 0.392 e. The minimum Gasteiger partial charge on any atom is -0.392 e. The van der Waals surface area contributed by atoms with Crippen LogP contribution in [-0.4, -0.2) is 50.9 Å². The van der Waals surface area contributed by atoms with Crippen LogP contribution in [0.25, 0.3) is 5.82 Å². The van der Waals surface area contributed by atoms with Crippen molar-refractivity contribution in [2.45, 2.75) is 26.8 Å². The van der Waals surface area contributed by atoms with E-state index in [1.54, 1.807) is 37.6 Å². The number of likely N-dealkylation sites (tertiary alicyclic amines) is 1. The molecular formula is C20H26N8O2. The highest BCUT2D eigenvalue weighted by atomic mass is 16.2. The lowest BCUT2D eigenvalue weighted by atomic mass is 9.92. The van der Waals surface area contributed by atoms with E-state index >= 15 is 0 Å². The zero-order valence-electron chi connectivity index (χ0n) is 17.3. The van der Waals surface area contributed by atoms with Gasteiger partial charge in [-0.1, -0.05) is 19.9 Å². The predicted molar refractivity (Wildman–Crippen MR) is 112 cm³/mol. The first kappa shape index (κ1) is 21.2. The van der Waals surface area contributed by atoms with Crippen LogP contribution in [0.4, 0.5) is 0 Å². The maximum absolute atomic E-state index is 12.8. The molecule has 1 aliphatic heterocycles. The summed E-state index contributed by atoms with van der Waals surface area (Å²) in [6.45, 7) is 4.48. The molecule has 2 aromatic rings. The Hall–Kier alpha value is -3.53. The van der Waals surface area contributed by atoms with Gasteiger partial charge in [0.2, 0.25) is 5.91 Å². The summed E-state index contributed by atoms with van der Waals surface area (Å²) < 4.78 is 1.54. The van der Waals surface area contributed by atoms with Gasteiger partial charge < -0.3 is 16.4 Å². The van der Waals surface area contributed by atoms with Crippen LogP contribution in [0.3, 0.4) is 0 Å². The van der Waals surface area contributed by atoms with Crippen molar-refractivity contribution in [2.24, 2.45) is 11.1 Å². The number of nitrogens with two attached hydrogens (primary N) is 1. The zero-order chi connectivity index (χ0) is 21.9. The van der Waals surface area contributed by atoms with Gasteiger partial charge in [0.1, 0.15) is 5.69 Å². The van der Waals surface area contributed by atoms with Crippen LogP contribution in [0.1, 0.15) is 36.3 Å². The molecular weight excluding hydrogens is 384 g/mol. The number of pyridine rings is 1. The molecule has 0 bridgehead atoms. The lowest BCUT2D eigenvalue weighted by molar-refractivity contribution is -0.131. The Morgan fingerprint density at radius 1 is 1.40 bits per heavy atom. The van der Waals surface area contributed by atoms with E-state index in [4.69, 9.17) is 11.1 Å². The first-order valence-electron chi connectivity index (χ1n) is 9.57. The molecule has 0 unspecified atom stereocenters. The van der Waals surface area contributed by atoms with Gasteiger partial charge in [0.25, 0.3) is 5.91 Å². The van der Waals surface area contributed by atoms with E-state index in [0.717, 1.165) is 5.56 Å². The first-order chi connectivity index (χ1) is 14.3. The number of nitrogens with zero attached hydrogens (tertiary/aromatic N) is 4. The van der Waals surface area contributed by atoms with E-state index in [1.807, 2.05) is 13.8 Å². The predicted octanol–water partition coefficient (Wildman–Crippen LogP) is 0.752. The number of aromatic nitrogens is 3. The Morgan fingerprint density at radius 2 is 2.17 bits per heavy atom. The topological polar surface area (TPSA) is 142 Å². The molecule has 0 radical (unpaired) electrons. The van der Waals surface area contributed by atoms with Crippen molar-refractivity contribution in [1.82, 2.24) is 30.3 Å². The van der Waals surface area contributed by atoms with Gasteiger partial charge in [-0.2, -0.15) is 5.10 Å². The molecule has 2 amide bonds. The lowest BCUT2D eigenvalue weighted by Gasteiger charge is -2.22. The van der Waals surface area contributed by atoms with Gasteiger partial charge in [0.15, 0.2) is 11.7 Å². The minimum atomic E-state index is -0.525. The van der Waals surface area contributed by atoms with Crippen molar-refractivity contribution in [3.05, 3.63) is 53.7 Å². The van der Waals surface area contributed by atoms with Crippen LogP contribution in [0.2, 0.25) is 0 Å². The highest BCUT2D eigenvalue weighted by Crippen LogP contribution is 2.31. The summed E-state index contributed by atoms with van der Waals surface area (Å²) >= 11 is 0. The smallest absolute Gasteiger partial charge is 0.274 e. The summed E-state index contributed by atoms with van der Waals surface area (Å²) in [5.74, 6) is -0.240. The molecule has 1 saturated heterocycles. The quantitative estimate of drug-likeness (QED) is 0.409. The lowest BCUT2D eigenvalue weighted by Crippen LogP contribution is -2.41. The van der Waals surface area contributed by atoms with Crippen molar-refractivity contribution in [1.29, 1.82) is 5.41 Å². The van der Waals surface area contributed by atoms with E-state index in [0.29, 0.717) is 25.3 Å². The molecule has 0 saturated carbocycles. The summed E-state index contributed by atoms with van der Waals surface area (Å²) in [5, 5.41) is 18.1. The fraction of sp³-hybridized carbons (Fsp3) is 0.350. The molecule has 0 aliphatic carbocycles. The average molecular weight is 410 g/mol. The van der Waals surface area contributed by atoms with Crippen LogP contribution in [-0.2, 0) is 11.3 Å². The van der Waals surface area contributed by atoms with Crippen LogP contribution in [0.15, 0.2) is 42.5 Å². The molecule has 1 fully saturated rings. The maximum atomic E-state index is 12.8. The van der Waals surface area contributed by atoms with Crippen LogP contribution < -0.4 is 16.4 Å². The molecule has 3 heterocycles. The number of carbonyl (C=O) groups excluding carboxylic acids is 2. The molecule has 3 rings (SSSR count). The van der Waals surface area contributed by atoms with Gasteiger partial charge in [-0.05, 0) is 18.6 Å². The Balaban J connectivity index is 1.79. The zero-order valence-corrected chi connectivity index (χ0v) is 17.3. The molecule has 10 heteroatoms. The minimum absolute atomic E-state index is 0.0657. The average Bonchev–Trinajstić information content (AvgIpc) is 3.32. The van der Waals surface area contributed by atoms with Crippen LogP contribution in [0.5, 0.6) is 0 Å². The third kappa shape index (κ3) is 4.23. The van der Waals surface area contributed by atoms with Crippen molar-refractivity contribution < 1.29 is 9.59 Å². The van der Waals surface area contributed by atoms with E-state index in [1.165, 1.54) is 15.8 Å². The number of carbonyl (C=O) groups is 2. The summed E-state index contributed by atoms with van der Waals surface area (Å²) in [7, 11) is 1.65. The van der Waals surface area contributed by atoms with Gasteiger partial charge in [-0.25, -0.2) is 9.67 Å². The first-order valence-corrected chi connectivity index (χ1v) is 9.57. The van der Waals surface area contributed by atoms with Crippen molar-refractivity contribution >= 4 is 17.6 Å². The third-order valence-electron chi connectivity index (χ3n) is 4.92. The normalized spacial score (nSPS) is 15.9. The molecule has 2 aromatic heterocycles. The number of amidine groups is 1. The standard InChI is InChI=1S/C20H26N8O2/c1-20(2)7-8-27(19(20)30)17(22)15(11-23-3)26-18(29)14-5-4-6-16(25-14)28-12-13(9-21)10-24-28/h4-6,10-12,22-23H,7-9,21H2,1-3H3,(H,26,29)/b15-11+,22-17?. The summed E-state index contributed by atoms with van der Waals surface area (Å²) in [6, 6.07) is 4.98. The molecule has 158 valence electrons. The van der Waals surface area contributed by atoms with Gasteiger partial charge in [0, 0.05) is 43.5 Å². The molecule has 0 aromatic carbocycles. The molecule has 10 nitrogen and oxygen atoms in total.